The molecule has 3 aliphatic heterocycles. The van der Waals surface area contributed by atoms with Crippen LogP contribution >= 0.6 is 0 Å². The molecule has 5 rings (SSSR count). The third kappa shape index (κ3) is 4.28. The number of nitrogens with zero attached hydrogens (tertiary/aromatic N) is 3. The van der Waals surface area contributed by atoms with Crippen LogP contribution in [0.15, 0.2) is 48.5 Å². The first kappa shape index (κ1) is 22.1. The van der Waals surface area contributed by atoms with E-state index >= 15 is 0 Å². The smallest absolute Gasteiger partial charge is 0.242 e. The number of ether oxygens (including phenoxy) is 1. The molecule has 0 bridgehead atoms. The van der Waals surface area contributed by atoms with E-state index in [0.717, 1.165) is 29.8 Å². The molecule has 0 aromatic heterocycles. The summed E-state index contributed by atoms with van der Waals surface area (Å²) in [6.45, 7) is 5.69. The number of piperazine rings is 1. The van der Waals surface area contributed by atoms with Gasteiger partial charge < -0.3 is 19.6 Å². The molecule has 0 unspecified atom stereocenters. The van der Waals surface area contributed by atoms with Gasteiger partial charge in [0.05, 0.1) is 45.0 Å². The molecular formula is C26H31N3O4. The number of aliphatic hydroxyl groups excluding tert-OH is 1. The molecule has 0 spiro atoms. The van der Waals surface area contributed by atoms with E-state index in [1.165, 1.54) is 5.56 Å². The van der Waals surface area contributed by atoms with E-state index < -0.39 is 0 Å². The van der Waals surface area contributed by atoms with Crippen LogP contribution in [-0.4, -0.2) is 96.2 Å². The van der Waals surface area contributed by atoms with Crippen LogP contribution in [0.25, 0.3) is 11.1 Å². The number of benzene rings is 2. The fourth-order valence-electron chi connectivity index (χ4n) is 5.38. The summed E-state index contributed by atoms with van der Waals surface area (Å²) in [4.78, 5) is 31.4. The summed E-state index contributed by atoms with van der Waals surface area (Å²) in [5.41, 5.74) is 4.62. The van der Waals surface area contributed by atoms with Gasteiger partial charge in [0.1, 0.15) is 0 Å². The van der Waals surface area contributed by atoms with Crippen molar-refractivity contribution in [2.75, 3.05) is 52.5 Å². The molecule has 1 N–H and O–H groups in total. The Morgan fingerprint density at radius 2 is 1.67 bits per heavy atom. The Morgan fingerprint density at radius 1 is 1.03 bits per heavy atom. The maximum atomic E-state index is 12.9. The Labute approximate surface area is 194 Å². The number of carbonyl (C=O) groups excluding carboxylic acids is 2. The Morgan fingerprint density at radius 3 is 2.30 bits per heavy atom. The lowest BCUT2D eigenvalue weighted by Gasteiger charge is -2.58. The lowest BCUT2D eigenvalue weighted by atomic mass is 9.73. The summed E-state index contributed by atoms with van der Waals surface area (Å²) in [6.07, 6.45) is 0. The van der Waals surface area contributed by atoms with Gasteiger partial charge in [-0.2, -0.15) is 0 Å². The number of hydrogen-bond donors (Lipinski definition) is 1. The molecule has 2 aromatic carbocycles. The molecule has 3 fully saturated rings. The second-order valence-electron chi connectivity index (χ2n) is 9.29. The highest BCUT2D eigenvalue weighted by Crippen LogP contribution is 2.43. The summed E-state index contributed by atoms with van der Waals surface area (Å²) in [5, 5.41) is 10.0. The molecule has 3 aliphatic rings. The summed E-state index contributed by atoms with van der Waals surface area (Å²) < 4.78 is 5.36. The van der Waals surface area contributed by atoms with Crippen molar-refractivity contribution >= 4 is 11.8 Å². The van der Waals surface area contributed by atoms with E-state index in [9.17, 15) is 14.7 Å². The van der Waals surface area contributed by atoms with Crippen LogP contribution in [0.3, 0.4) is 0 Å². The van der Waals surface area contributed by atoms with E-state index in [1.807, 2.05) is 0 Å². The van der Waals surface area contributed by atoms with Gasteiger partial charge in [0.2, 0.25) is 11.8 Å². The first-order chi connectivity index (χ1) is 16.0. The lowest BCUT2D eigenvalue weighted by Crippen LogP contribution is -2.73. The molecule has 0 aliphatic carbocycles. The lowest BCUT2D eigenvalue weighted by molar-refractivity contribution is -0.167. The molecule has 174 valence electrons. The fraction of sp³-hybridized carbons (Fsp3) is 0.462. The highest BCUT2D eigenvalue weighted by molar-refractivity contribution is 5.88. The normalized spacial score (nSPS) is 25.5. The first-order valence-electron chi connectivity index (χ1n) is 11.7. The van der Waals surface area contributed by atoms with Crippen molar-refractivity contribution in [3.63, 3.8) is 0 Å². The number of fused-ring (bicyclic) bond motifs is 1. The molecule has 0 saturated carbocycles. The van der Waals surface area contributed by atoms with Crippen LogP contribution in [0.2, 0.25) is 0 Å². The van der Waals surface area contributed by atoms with Gasteiger partial charge in [-0.3, -0.25) is 14.5 Å². The average molecular weight is 450 g/mol. The predicted molar refractivity (Wildman–Crippen MR) is 125 cm³/mol. The quantitative estimate of drug-likeness (QED) is 0.749. The Bertz CT molecular complexity index is 1000. The van der Waals surface area contributed by atoms with Gasteiger partial charge in [0, 0.05) is 25.6 Å². The maximum Gasteiger partial charge on any atom is 0.242 e. The molecule has 3 atom stereocenters. The van der Waals surface area contributed by atoms with Crippen molar-refractivity contribution in [2.24, 2.45) is 0 Å². The highest BCUT2D eigenvalue weighted by Gasteiger charge is 2.54. The minimum absolute atomic E-state index is 0.00850. The van der Waals surface area contributed by atoms with E-state index in [4.69, 9.17) is 4.74 Å². The van der Waals surface area contributed by atoms with Gasteiger partial charge in [0.15, 0.2) is 0 Å². The Balaban J connectivity index is 1.31. The Hall–Kier alpha value is -2.74. The first-order valence-corrected chi connectivity index (χ1v) is 11.7. The molecule has 2 aromatic rings. The summed E-state index contributed by atoms with van der Waals surface area (Å²) in [6, 6.07) is 16.5. The van der Waals surface area contributed by atoms with Gasteiger partial charge in [-0.05, 0) is 23.6 Å². The third-order valence-electron chi connectivity index (χ3n) is 7.25. The largest absolute Gasteiger partial charge is 0.394 e. The van der Waals surface area contributed by atoms with E-state index in [-0.39, 0.29) is 43.0 Å². The number of amides is 2. The van der Waals surface area contributed by atoms with Crippen molar-refractivity contribution in [1.29, 1.82) is 0 Å². The van der Waals surface area contributed by atoms with Crippen molar-refractivity contribution in [1.82, 2.24) is 14.7 Å². The van der Waals surface area contributed by atoms with Crippen LogP contribution in [-0.2, 0) is 14.3 Å². The van der Waals surface area contributed by atoms with Crippen LogP contribution in [0.4, 0.5) is 0 Å². The zero-order chi connectivity index (χ0) is 22.9. The van der Waals surface area contributed by atoms with Gasteiger partial charge in [-0.15, -0.1) is 0 Å². The van der Waals surface area contributed by atoms with Gasteiger partial charge >= 0.3 is 0 Å². The van der Waals surface area contributed by atoms with Crippen molar-refractivity contribution in [3.8, 4) is 11.1 Å². The molecule has 0 radical (unpaired) electrons. The van der Waals surface area contributed by atoms with Crippen molar-refractivity contribution in [2.45, 2.75) is 24.9 Å². The van der Waals surface area contributed by atoms with Gasteiger partial charge in [-0.25, -0.2) is 0 Å². The molecule has 2 amide bonds. The van der Waals surface area contributed by atoms with Crippen LogP contribution < -0.4 is 0 Å². The summed E-state index contributed by atoms with van der Waals surface area (Å²) in [7, 11) is 0. The van der Waals surface area contributed by atoms with E-state index in [2.05, 4.69) is 60.4 Å². The molecular weight excluding hydrogens is 418 g/mol. The minimum Gasteiger partial charge on any atom is -0.394 e. The van der Waals surface area contributed by atoms with E-state index in [1.54, 1.807) is 9.80 Å². The molecule has 3 heterocycles. The molecule has 7 heteroatoms. The van der Waals surface area contributed by atoms with Crippen LogP contribution in [0.1, 0.15) is 17.0 Å². The molecule has 33 heavy (non-hydrogen) atoms. The monoisotopic (exact) mass is 449 g/mol. The second-order valence-corrected chi connectivity index (χ2v) is 9.29. The number of morpholine rings is 1. The van der Waals surface area contributed by atoms with E-state index in [0.29, 0.717) is 26.3 Å². The number of hydrogen-bond acceptors (Lipinski definition) is 5. The molecule has 7 nitrogen and oxygen atoms in total. The maximum absolute atomic E-state index is 12.9. The van der Waals surface area contributed by atoms with Crippen molar-refractivity contribution < 1.29 is 19.4 Å². The number of carbonyl (C=O) groups is 2. The van der Waals surface area contributed by atoms with Crippen LogP contribution in [0.5, 0.6) is 0 Å². The standard InChI is InChI=1S/C26H31N3O4/c1-18-2-4-19(5-3-18)20-6-8-21(9-7-20)26-22-14-28(16-25(32)29(22)23(26)17-30)24(31)15-27-10-12-33-13-11-27/h2-9,22-23,26,30H,10-17H2,1H3/t22-,23-,26-/m0/s1. The summed E-state index contributed by atoms with van der Waals surface area (Å²) in [5.74, 6) is -0.0658. The fourth-order valence-corrected chi connectivity index (χ4v) is 5.38. The van der Waals surface area contributed by atoms with Crippen molar-refractivity contribution in [3.05, 3.63) is 59.7 Å². The average Bonchev–Trinajstić information content (AvgIpc) is 2.82. The number of aryl methyl sites for hydroxylation is 1. The number of rotatable bonds is 5. The SMILES string of the molecule is Cc1ccc(-c2ccc([C@@H]3[C@H](CO)N4C(=O)CN(C(=O)CN5CCOCC5)C[C@@H]34)cc2)cc1. The molecule has 3 saturated heterocycles. The predicted octanol–water partition coefficient (Wildman–Crippen LogP) is 1.49. The topological polar surface area (TPSA) is 73.3 Å². The van der Waals surface area contributed by atoms with Gasteiger partial charge in [0.25, 0.3) is 0 Å². The second kappa shape index (κ2) is 9.25. The summed E-state index contributed by atoms with van der Waals surface area (Å²) >= 11 is 0. The van der Waals surface area contributed by atoms with Crippen LogP contribution in [0, 0.1) is 6.92 Å². The third-order valence-corrected chi connectivity index (χ3v) is 7.25. The zero-order valence-corrected chi connectivity index (χ0v) is 19.0. The van der Waals surface area contributed by atoms with Gasteiger partial charge in [-0.1, -0.05) is 54.1 Å². The minimum atomic E-state index is -0.232. The zero-order valence-electron chi connectivity index (χ0n) is 19.0. The number of aliphatic hydroxyl groups is 1. The Kier molecular flexibility index (Phi) is 6.19. The highest BCUT2D eigenvalue weighted by atomic mass is 16.5.